The Kier molecular flexibility index (Phi) is 7.04. The molecule has 2 saturated carbocycles. The van der Waals surface area contributed by atoms with Gasteiger partial charge >= 0.3 is 5.97 Å². The molecular weight excluding hydrogens is 521 g/mol. The van der Waals surface area contributed by atoms with Crippen LogP contribution in [0, 0.1) is 36.9 Å². The van der Waals surface area contributed by atoms with Crippen LogP contribution in [0.5, 0.6) is 0 Å². The van der Waals surface area contributed by atoms with E-state index >= 15 is 4.39 Å². The Labute approximate surface area is 239 Å². The van der Waals surface area contributed by atoms with Crippen molar-refractivity contribution < 1.29 is 19.0 Å². The summed E-state index contributed by atoms with van der Waals surface area (Å²) >= 11 is 0. The summed E-state index contributed by atoms with van der Waals surface area (Å²) in [5.74, 6) is 0.111. The minimum absolute atomic E-state index is 0.0200. The standard InChI is InChI=1S/C32H36FN5O3/c1-20-15-21(2)38-30(35-20)36-28(37-38)17-24-27(39)18-32(41-29(24)40,23-7-3-4-8-23)14-11-22-9-10-25(26(33)16-22)31(19-34)12-5-6-13-31/h9-10,15-16,23,39H,3-8,11-14,17-18H2,1-2H3/t32-/m1/s1. The number of benzene rings is 1. The quantitative estimate of drug-likeness (QED) is 0.350. The normalized spacial score (nSPS) is 22.8. The molecule has 1 atom stereocenters. The topological polar surface area (TPSA) is 113 Å². The number of carbonyl (C=O) groups is 1. The lowest BCUT2D eigenvalue weighted by atomic mass is 9.76. The number of fused-ring (bicyclic) bond motifs is 1. The van der Waals surface area contributed by atoms with Crippen molar-refractivity contribution in [1.82, 2.24) is 19.6 Å². The number of nitrogens with zero attached hydrogens (tertiary/aromatic N) is 5. The van der Waals surface area contributed by atoms with Crippen LogP contribution in [-0.2, 0) is 27.8 Å². The van der Waals surface area contributed by atoms with E-state index in [0.717, 1.165) is 55.5 Å². The molecule has 6 rings (SSSR count). The minimum atomic E-state index is -0.850. The molecular formula is C32H36FN5O3. The Hall–Kier alpha value is -3.80. The third kappa shape index (κ3) is 4.98. The van der Waals surface area contributed by atoms with Crippen molar-refractivity contribution in [2.45, 2.75) is 102 Å². The number of cyclic esters (lactones) is 1. The SMILES string of the molecule is Cc1cc(C)n2nc(CC3=C(O)C[C@](CCc4ccc(C5(C#N)CCCC5)c(F)c4)(C4CCCC4)OC3=O)nc2n1. The molecule has 0 saturated heterocycles. The predicted octanol–water partition coefficient (Wildman–Crippen LogP) is 6.08. The Morgan fingerprint density at radius 2 is 1.90 bits per heavy atom. The van der Waals surface area contributed by atoms with Crippen LogP contribution >= 0.6 is 0 Å². The van der Waals surface area contributed by atoms with E-state index in [1.165, 1.54) is 6.07 Å². The molecule has 3 heterocycles. The molecule has 1 aromatic carbocycles. The second-order valence-electron chi connectivity index (χ2n) is 12.2. The van der Waals surface area contributed by atoms with Crippen molar-refractivity contribution in [2.24, 2.45) is 5.92 Å². The molecule has 2 aromatic heterocycles. The van der Waals surface area contributed by atoms with Crippen molar-refractivity contribution in [3.63, 3.8) is 0 Å². The summed E-state index contributed by atoms with van der Waals surface area (Å²) in [4.78, 5) is 22.3. The zero-order valence-corrected chi connectivity index (χ0v) is 23.7. The third-order valence-electron chi connectivity index (χ3n) is 9.51. The summed E-state index contributed by atoms with van der Waals surface area (Å²) in [6, 6.07) is 9.49. The highest BCUT2D eigenvalue weighted by atomic mass is 19.1. The van der Waals surface area contributed by atoms with Crippen LogP contribution in [0.2, 0.25) is 0 Å². The van der Waals surface area contributed by atoms with E-state index in [4.69, 9.17) is 4.74 Å². The molecule has 214 valence electrons. The number of aromatic nitrogens is 4. The van der Waals surface area contributed by atoms with Gasteiger partial charge in [-0.2, -0.15) is 10.2 Å². The first-order chi connectivity index (χ1) is 19.7. The third-order valence-corrected chi connectivity index (χ3v) is 9.51. The monoisotopic (exact) mass is 557 g/mol. The molecule has 3 aliphatic rings. The van der Waals surface area contributed by atoms with E-state index in [9.17, 15) is 15.2 Å². The number of halogens is 1. The molecule has 9 heteroatoms. The first kappa shape index (κ1) is 27.4. The Bertz CT molecular complexity index is 1580. The number of rotatable bonds is 7. The van der Waals surface area contributed by atoms with E-state index in [-0.39, 0.29) is 35.9 Å². The highest BCUT2D eigenvalue weighted by Gasteiger charge is 2.48. The number of aliphatic hydroxyl groups is 1. The van der Waals surface area contributed by atoms with Crippen LogP contribution in [-0.4, -0.2) is 36.3 Å². The average Bonchev–Trinajstić information content (AvgIpc) is 3.71. The zero-order chi connectivity index (χ0) is 28.8. The molecule has 0 bridgehead atoms. The molecule has 0 amide bonds. The summed E-state index contributed by atoms with van der Waals surface area (Å²) in [6.45, 7) is 3.80. The van der Waals surface area contributed by atoms with E-state index in [1.54, 1.807) is 10.6 Å². The van der Waals surface area contributed by atoms with Crippen molar-refractivity contribution in [3.8, 4) is 6.07 Å². The van der Waals surface area contributed by atoms with Gasteiger partial charge in [-0.1, -0.05) is 37.8 Å². The second-order valence-corrected chi connectivity index (χ2v) is 12.2. The van der Waals surface area contributed by atoms with Crippen LogP contribution < -0.4 is 0 Å². The van der Waals surface area contributed by atoms with Gasteiger partial charge in [0.1, 0.15) is 17.2 Å². The van der Waals surface area contributed by atoms with Crippen LogP contribution in [0.25, 0.3) is 5.78 Å². The molecule has 2 fully saturated rings. The number of hydrogen-bond acceptors (Lipinski definition) is 7. The Balaban J connectivity index is 1.24. The van der Waals surface area contributed by atoms with Gasteiger partial charge < -0.3 is 9.84 Å². The van der Waals surface area contributed by atoms with Gasteiger partial charge in [-0.15, -0.1) is 5.10 Å². The molecule has 0 unspecified atom stereocenters. The number of esters is 1. The van der Waals surface area contributed by atoms with Gasteiger partial charge in [0.25, 0.3) is 5.78 Å². The van der Waals surface area contributed by atoms with Gasteiger partial charge in [-0.05, 0) is 76.0 Å². The molecule has 2 aliphatic carbocycles. The lowest BCUT2D eigenvalue weighted by Crippen LogP contribution is -2.46. The summed E-state index contributed by atoms with van der Waals surface area (Å²) in [5.41, 5.74) is 1.59. The van der Waals surface area contributed by atoms with Gasteiger partial charge in [-0.25, -0.2) is 18.7 Å². The highest BCUT2D eigenvalue weighted by molar-refractivity contribution is 5.90. The first-order valence-corrected chi connectivity index (χ1v) is 14.8. The maximum atomic E-state index is 15.3. The molecule has 3 aromatic rings. The lowest BCUT2D eigenvalue weighted by Gasteiger charge is -2.41. The van der Waals surface area contributed by atoms with Crippen molar-refractivity contribution in [3.05, 3.63) is 69.8 Å². The molecule has 41 heavy (non-hydrogen) atoms. The summed E-state index contributed by atoms with van der Waals surface area (Å²) in [6.07, 6.45) is 8.47. The van der Waals surface area contributed by atoms with Crippen molar-refractivity contribution in [2.75, 3.05) is 0 Å². The molecule has 0 spiro atoms. The van der Waals surface area contributed by atoms with Crippen LogP contribution in [0.3, 0.4) is 0 Å². The number of carbonyl (C=O) groups excluding carboxylic acids is 1. The van der Waals surface area contributed by atoms with Gasteiger partial charge in [0.15, 0.2) is 5.82 Å². The highest BCUT2D eigenvalue weighted by Crippen LogP contribution is 2.46. The summed E-state index contributed by atoms with van der Waals surface area (Å²) in [7, 11) is 0. The minimum Gasteiger partial charge on any atom is -0.512 e. The molecule has 1 N–H and O–H groups in total. The zero-order valence-electron chi connectivity index (χ0n) is 23.7. The van der Waals surface area contributed by atoms with E-state index < -0.39 is 17.0 Å². The maximum Gasteiger partial charge on any atom is 0.338 e. The maximum absolute atomic E-state index is 15.3. The number of aliphatic hydroxyl groups excluding tert-OH is 1. The fourth-order valence-corrected chi connectivity index (χ4v) is 7.31. The summed E-state index contributed by atoms with van der Waals surface area (Å²) < 4.78 is 23.2. The van der Waals surface area contributed by atoms with E-state index in [2.05, 4.69) is 21.1 Å². The van der Waals surface area contributed by atoms with E-state index in [1.807, 2.05) is 26.0 Å². The van der Waals surface area contributed by atoms with Gasteiger partial charge in [0.05, 0.1) is 17.1 Å². The first-order valence-electron chi connectivity index (χ1n) is 14.8. The number of aryl methyl sites for hydroxylation is 3. The Morgan fingerprint density at radius 1 is 1.15 bits per heavy atom. The van der Waals surface area contributed by atoms with Gasteiger partial charge in [0, 0.05) is 29.8 Å². The van der Waals surface area contributed by atoms with Crippen molar-refractivity contribution >= 4 is 11.7 Å². The van der Waals surface area contributed by atoms with Gasteiger partial charge in [0.2, 0.25) is 0 Å². The summed E-state index contributed by atoms with van der Waals surface area (Å²) in [5, 5.41) is 25.5. The lowest BCUT2D eigenvalue weighted by molar-refractivity contribution is -0.167. The fourth-order valence-electron chi connectivity index (χ4n) is 7.31. The Morgan fingerprint density at radius 3 is 2.59 bits per heavy atom. The van der Waals surface area contributed by atoms with Crippen LogP contribution in [0.4, 0.5) is 4.39 Å². The number of hydrogen-bond donors (Lipinski definition) is 1. The van der Waals surface area contributed by atoms with Crippen LogP contribution in [0.15, 0.2) is 35.6 Å². The van der Waals surface area contributed by atoms with E-state index in [0.29, 0.717) is 42.8 Å². The van der Waals surface area contributed by atoms with Crippen LogP contribution in [0.1, 0.15) is 92.5 Å². The molecule has 0 radical (unpaired) electrons. The van der Waals surface area contributed by atoms with Gasteiger partial charge in [-0.3, -0.25) is 0 Å². The predicted molar refractivity (Wildman–Crippen MR) is 149 cm³/mol. The molecule has 1 aliphatic heterocycles. The fraction of sp³-hybridized carbons (Fsp3) is 0.531. The van der Waals surface area contributed by atoms with Crippen molar-refractivity contribution in [1.29, 1.82) is 5.26 Å². The second kappa shape index (κ2) is 10.6. The number of nitriles is 1. The molecule has 8 nitrogen and oxygen atoms in total. The largest absolute Gasteiger partial charge is 0.512 e. The number of ether oxygens (including phenoxy) is 1. The average molecular weight is 558 g/mol. The smallest absolute Gasteiger partial charge is 0.338 e.